The molecule has 0 aliphatic carbocycles. The normalized spacial score (nSPS) is 26.4. The summed E-state index contributed by atoms with van der Waals surface area (Å²) in [5.41, 5.74) is -1.53. The van der Waals surface area contributed by atoms with Gasteiger partial charge in [0, 0.05) is 0 Å². The number of hydrogen-bond donors (Lipinski definition) is 5. The van der Waals surface area contributed by atoms with Crippen LogP contribution >= 0.6 is 41.6 Å². The summed E-state index contributed by atoms with van der Waals surface area (Å²) in [6.45, 7) is 18.3. The van der Waals surface area contributed by atoms with E-state index >= 15 is 0 Å². The van der Waals surface area contributed by atoms with Gasteiger partial charge in [0.2, 0.25) is 0 Å². The second-order valence-electron chi connectivity index (χ2n) is 13.4. The average Bonchev–Trinajstić information content (AvgIpc) is 2.91. The van der Waals surface area contributed by atoms with Gasteiger partial charge in [0.05, 0.1) is 0 Å². The van der Waals surface area contributed by atoms with Gasteiger partial charge in [0.15, 0.2) is 0 Å². The third kappa shape index (κ3) is 17.6. The van der Waals surface area contributed by atoms with E-state index in [1.165, 1.54) is 0 Å². The molecule has 1 aliphatic rings. The molecule has 0 aromatic rings. The Labute approximate surface area is 293 Å². The fourth-order valence-electron chi connectivity index (χ4n) is 4.53. The summed E-state index contributed by atoms with van der Waals surface area (Å²) < 4.78 is 26.7. The predicted octanol–water partition coefficient (Wildman–Crippen LogP) is -0.647. The molecule has 0 spiro atoms. The molecule has 1 heterocycles. The van der Waals surface area contributed by atoms with E-state index in [-0.39, 0.29) is 43.7 Å². The Hall–Kier alpha value is 0.490. The van der Waals surface area contributed by atoms with Crippen LogP contribution in [0.3, 0.4) is 0 Å². The van der Waals surface area contributed by atoms with Crippen LogP contribution in [0.4, 0.5) is 0 Å². The Balaban J connectivity index is 3.34. The Bertz CT molecular complexity index is 935. The molecule has 1 fully saturated rings. The molecule has 0 aromatic heterocycles. The van der Waals surface area contributed by atoms with Crippen molar-refractivity contribution >= 4 is 59.4 Å². The molecule has 16 heteroatoms. The van der Waals surface area contributed by atoms with Gasteiger partial charge in [-0.15, -0.1) is 0 Å². The molecular weight excluding hydrogens is 834 g/mol. The fraction of sp³-hybridized carbons (Fsp3) is 0.893. The Morgan fingerprint density at radius 1 is 1.02 bits per heavy atom. The average molecular weight is 891 g/mol. The topological polar surface area (TPSA) is 148 Å². The van der Waals surface area contributed by atoms with Crippen LogP contribution in [-0.4, -0.2) is 93.7 Å². The van der Waals surface area contributed by atoms with Crippen molar-refractivity contribution < 1.29 is 54.5 Å². The van der Waals surface area contributed by atoms with Crippen LogP contribution in [0.25, 0.3) is 0 Å². The number of carbonyl (C=O) groups excluding carboxylic acids is 3. The molecule has 0 saturated carbocycles. The summed E-state index contributed by atoms with van der Waals surface area (Å²) in [6.07, 6.45) is 2.39. The molecule has 0 radical (unpaired) electrons. The van der Waals surface area contributed by atoms with Crippen molar-refractivity contribution in [1.29, 1.82) is 0 Å². The SMILES string of the molecule is CC1(C)CC(C(=O)NI)NC(=O)COCC(C)(COC(C)(C)CCNP)[I-]C(C)(CCOC(C)(C)CCNP)OCC(=O)N1. The Kier molecular flexibility index (Phi) is 18.8. The molecule has 5 unspecified atom stereocenters. The summed E-state index contributed by atoms with van der Waals surface area (Å²) in [6, 6.07) is -0.857. The molecule has 44 heavy (non-hydrogen) atoms. The summed E-state index contributed by atoms with van der Waals surface area (Å²) in [5.74, 6) is -1.07. The van der Waals surface area contributed by atoms with Gasteiger partial charge in [-0.25, -0.2) is 0 Å². The maximum atomic E-state index is 13.2. The zero-order valence-electron chi connectivity index (χ0n) is 27.6. The van der Waals surface area contributed by atoms with Crippen molar-refractivity contribution in [3.8, 4) is 0 Å². The minimum absolute atomic E-state index is 0.154. The fourth-order valence-corrected chi connectivity index (χ4v) is 9.44. The first-order valence-electron chi connectivity index (χ1n) is 14.8. The molecule has 3 amide bonds. The van der Waals surface area contributed by atoms with E-state index in [1.807, 2.05) is 20.8 Å². The molecule has 5 N–H and O–H groups in total. The number of hydrogen-bond acceptors (Lipinski definition) is 9. The van der Waals surface area contributed by atoms with Gasteiger partial charge in [-0.05, 0) is 0 Å². The van der Waals surface area contributed by atoms with E-state index in [4.69, 9.17) is 18.9 Å². The van der Waals surface area contributed by atoms with E-state index in [0.717, 1.165) is 25.9 Å². The Morgan fingerprint density at radius 2 is 1.61 bits per heavy atom. The van der Waals surface area contributed by atoms with Crippen LogP contribution < -0.4 is 45.5 Å². The van der Waals surface area contributed by atoms with Crippen LogP contribution in [0.1, 0.15) is 81.1 Å². The number of alkyl halides is 2. The molecule has 12 nitrogen and oxygen atoms in total. The van der Waals surface area contributed by atoms with Crippen LogP contribution in [0.5, 0.6) is 0 Å². The summed E-state index contributed by atoms with van der Waals surface area (Å²) in [7, 11) is 5.02. The zero-order chi connectivity index (χ0) is 33.7. The quantitative estimate of drug-likeness (QED) is 0.0666. The standard InChI is InChI=1S/C28H56I2N5O7P2/c1-24(2)15-20(23(38)35-29)33-21(36)16-39-18-27(7,19-42-26(5,6)10-13-32-44)30-28(8,41-17-22(37)34-24)11-14-40-25(3,4)9-12-31-43/h20,31-32H,9-19,43-44H2,1-8H3,(H,33,36)(H,34,37)(H,35,38)/q-1. The number of amides is 3. The molecular formula is C28H56I2N5O7P2-. The van der Waals surface area contributed by atoms with Gasteiger partial charge in [-0.3, -0.25) is 0 Å². The monoisotopic (exact) mass is 890 g/mol. The van der Waals surface area contributed by atoms with Crippen molar-refractivity contribution in [2.24, 2.45) is 0 Å². The second-order valence-corrected chi connectivity index (χ2v) is 20.2. The molecule has 1 saturated heterocycles. The van der Waals surface area contributed by atoms with Crippen molar-refractivity contribution in [3.63, 3.8) is 0 Å². The van der Waals surface area contributed by atoms with E-state index in [2.05, 4.69) is 77.7 Å². The molecule has 5 atom stereocenters. The first-order chi connectivity index (χ1) is 20.3. The third-order valence-electron chi connectivity index (χ3n) is 7.05. The maximum absolute atomic E-state index is 13.2. The van der Waals surface area contributed by atoms with E-state index in [9.17, 15) is 14.4 Å². The van der Waals surface area contributed by atoms with Gasteiger partial charge in [-0.1, -0.05) is 0 Å². The molecule has 0 aromatic carbocycles. The molecule has 260 valence electrons. The number of halogens is 2. The number of carbonyl (C=O) groups is 3. The van der Waals surface area contributed by atoms with Crippen molar-refractivity contribution in [2.45, 2.75) is 111 Å². The van der Waals surface area contributed by atoms with Crippen LogP contribution in [0, 0.1) is 0 Å². The number of rotatable bonds is 14. The number of nitrogens with one attached hydrogen (secondary N) is 5. The second kappa shape index (κ2) is 19.5. The summed E-state index contributed by atoms with van der Waals surface area (Å²) in [4.78, 5) is 38.7. The van der Waals surface area contributed by atoms with Gasteiger partial charge in [-0.2, -0.15) is 0 Å². The van der Waals surface area contributed by atoms with Gasteiger partial charge in [0.25, 0.3) is 0 Å². The van der Waals surface area contributed by atoms with E-state index in [1.54, 1.807) is 22.9 Å². The predicted molar refractivity (Wildman–Crippen MR) is 184 cm³/mol. The first-order valence-corrected chi connectivity index (χ1v) is 19.2. The van der Waals surface area contributed by atoms with Gasteiger partial charge in [0.1, 0.15) is 0 Å². The minimum atomic E-state index is -0.877. The molecule has 0 bridgehead atoms. The van der Waals surface area contributed by atoms with E-state index < -0.39 is 51.3 Å². The zero-order valence-corrected chi connectivity index (χ0v) is 34.2. The van der Waals surface area contributed by atoms with Gasteiger partial charge < -0.3 is 0 Å². The van der Waals surface area contributed by atoms with Gasteiger partial charge >= 0.3 is 295 Å². The third-order valence-corrected chi connectivity index (χ3v) is 12.1. The molecule has 1 aliphatic heterocycles. The van der Waals surface area contributed by atoms with Crippen molar-refractivity contribution in [3.05, 3.63) is 0 Å². The Morgan fingerprint density at radius 3 is 2.18 bits per heavy atom. The number of ether oxygens (including phenoxy) is 4. The van der Waals surface area contributed by atoms with Crippen LogP contribution in [0.2, 0.25) is 0 Å². The van der Waals surface area contributed by atoms with E-state index in [0.29, 0.717) is 19.6 Å². The summed E-state index contributed by atoms with van der Waals surface area (Å²) in [5, 5.41) is 11.9. The van der Waals surface area contributed by atoms with Crippen molar-refractivity contribution in [1.82, 2.24) is 24.3 Å². The van der Waals surface area contributed by atoms with Crippen LogP contribution in [0.15, 0.2) is 0 Å². The summed E-state index contributed by atoms with van der Waals surface area (Å²) >= 11 is 0.866. The van der Waals surface area contributed by atoms with Crippen molar-refractivity contribution in [2.75, 3.05) is 46.1 Å². The first kappa shape index (κ1) is 42.5. The van der Waals surface area contributed by atoms with Crippen LogP contribution in [-0.2, 0) is 33.3 Å². The molecule has 1 rings (SSSR count).